The Morgan fingerprint density at radius 1 is 1.06 bits per heavy atom. The summed E-state index contributed by atoms with van der Waals surface area (Å²) in [4.78, 5) is 32.3. The van der Waals surface area contributed by atoms with Gasteiger partial charge in [-0.05, 0) is 42.7 Å². The molecule has 1 amide bonds. The summed E-state index contributed by atoms with van der Waals surface area (Å²) in [5.74, 6) is 0.666. The SMILES string of the molecule is COC(=O)C1=C(C)N=C2SC=C(CC(=O)Nc3ccc(OC)cc3)N2C1c1ccccc1OC. The van der Waals surface area contributed by atoms with E-state index in [2.05, 4.69) is 10.3 Å². The van der Waals surface area contributed by atoms with Crippen LogP contribution in [0.15, 0.2) is 75.9 Å². The second-order valence-corrected chi connectivity index (χ2v) is 8.42. The topological polar surface area (TPSA) is 89.5 Å². The van der Waals surface area contributed by atoms with E-state index in [1.54, 1.807) is 45.4 Å². The van der Waals surface area contributed by atoms with Crippen LogP contribution < -0.4 is 14.8 Å². The number of carbonyl (C=O) groups is 2. The molecule has 1 unspecified atom stereocenters. The number of amidine groups is 1. The number of ether oxygens (including phenoxy) is 3. The van der Waals surface area contributed by atoms with Crippen LogP contribution in [-0.4, -0.2) is 43.3 Å². The summed E-state index contributed by atoms with van der Waals surface area (Å²) in [6.45, 7) is 1.79. The van der Waals surface area contributed by atoms with Gasteiger partial charge in [-0.1, -0.05) is 30.0 Å². The zero-order valence-corrected chi connectivity index (χ0v) is 20.1. The van der Waals surface area contributed by atoms with Gasteiger partial charge in [0.25, 0.3) is 0 Å². The molecule has 0 bridgehead atoms. The van der Waals surface area contributed by atoms with Gasteiger partial charge < -0.3 is 24.4 Å². The van der Waals surface area contributed by atoms with Crippen molar-refractivity contribution >= 4 is 34.5 Å². The molecular weight excluding hydrogens is 454 g/mol. The van der Waals surface area contributed by atoms with Crippen molar-refractivity contribution in [1.82, 2.24) is 4.90 Å². The average molecular weight is 480 g/mol. The van der Waals surface area contributed by atoms with Crippen LogP contribution >= 0.6 is 11.8 Å². The summed E-state index contributed by atoms with van der Waals surface area (Å²) >= 11 is 1.41. The number of carbonyl (C=O) groups excluding carboxylic acids is 2. The van der Waals surface area contributed by atoms with E-state index < -0.39 is 12.0 Å². The zero-order chi connectivity index (χ0) is 24.2. The van der Waals surface area contributed by atoms with Gasteiger partial charge in [0.1, 0.15) is 11.5 Å². The molecule has 0 radical (unpaired) electrons. The van der Waals surface area contributed by atoms with Gasteiger partial charge >= 0.3 is 5.97 Å². The largest absolute Gasteiger partial charge is 0.497 e. The molecule has 2 aliphatic rings. The Kier molecular flexibility index (Phi) is 6.93. The van der Waals surface area contributed by atoms with Crippen LogP contribution in [-0.2, 0) is 14.3 Å². The quantitative estimate of drug-likeness (QED) is 0.586. The number of para-hydroxylation sites is 1. The highest BCUT2D eigenvalue weighted by atomic mass is 32.2. The summed E-state index contributed by atoms with van der Waals surface area (Å²) in [5, 5.41) is 5.49. The lowest BCUT2D eigenvalue weighted by atomic mass is 9.93. The second-order valence-electron chi connectivity index (χ2n) is 7.58. The third-order valence-electron chi connectivity index (χ3n) is 5.55. The molecule has 9 heteroatoms. The molecule has 0 spiro atoms. The summed E-state index contributed by atoms with van der Waals surface area (Å²) in [7, 11) is 4.52. The van der Waals surface area contributed by atoms with Crippen LogP contribution in [0.3, 0.4) is 0 Å². The third-order valence-corrected chi connectivity index (χ3v) is 6.44. The van der Waals surface area contributed by atoms with Crippen LogP contribution in [0.1, 0.15) is 24.9 Å². The van der Waals surface area contributed by atoms with Crippen LogP contribution in [0.5, 0.6) is 11.5 Å². The number of nitrogens with zero attached hydrogens (tertiary/aromatic N) is 2. The smallest absolute Gasteiger partial charge is 0.338 e. The van der Waals surface area contributed by atoms with Crippen molar-refractivity contribution in [2.24, 2.45) is 4.99 Å². The Morgan fingerprint density at radius 2 is 1.79 bits per heavy atom. The second kappa shape index (κ2) is 10.0. The van der Waals surface area contributed by atoms with Gasteiger partial charge in [0.2, 0.25) is 5.91 Å². The molecule has 0 aromatic heterocycles. The number of esters is 1. The molecule has 0 saturated heterocycles. The number of methoxy groups -OCH3 is 3. The third kappa shape index (κ3) is 4.51. The maximum Gasteiger partial charge on any atom is 0.338 e. The van der Waals surface area contributed by atoms with Crippen molar-refractivity contribution < 1.29 is 23.8 Å². The first-order chi connectivity index (χ1) is 16.5. The first-order valence-corrected chi connectivity index (χ1v) is 11.4. The van der Waals surface area contributed by atoms with Crippen molar-refractivity contribution in [2.45, 2.75) is 19.4 Å². The molecule has 2 heterocycles. The van der Waals surface area contributed by atoms with Gasteiger partial charge in [-0.25, -0.2) is 9.79 Å². The highest BCUT2D eigenvalue weighted by molar-refractivity contribution is 8.16. The molecule has 4 rings (SSSR count). The Balaban J connectivity index is 1.66. The fourth-order valence-electron chi connectivity index (χ4n) is 3.97. The number of rotatable bonds is 7. The van der Waals surface area contributed by atoms with E-state index in [1.807, 2.05) is 34.6 Å². The first kappa shape index (κ1) is 23.4. The molecule has 8 nitrogen and oxygen atoms in total. The molecule has 176 valence electrons. The van der Waals surface area contributed by atoms with Gasteiger partial charge in [-0.15, -0.1) is 0 Å². The fraction of sp³-hybridized carbons (Fsp3) is 0.240. The molecule has 2 aliphatic heterocycles. The Bertz CT molecular complexity index is 1200. The van der Waals surface area contributed by atoms with Crippen LogP contribution in [0, 0.1) is 0 Å². The summed E-state index contributed by atoms with van der Waals surface area (Å²) in [6.07, 6.45) is 0.0944. The number of anilines is 1. The number of nitrogens with one attached hydrogen (secondary N) is 1. The number of benzene rings is 2. The maximum atomic E-state index is 12.9. The number of hydrogen-bond donors (Lipinski definition) is 1. The molecule has 0 saturated carbocycles. The van der Waals surface area contributed by atoms with Crippen LogP contribution in [0.2, 0.25) is 0 Å². The van der Waals surface area contributed by atoms with Gasteiger partial charge in [-0.2, -0.15) is 0 Å². The fourth-order valence-corrected chi connectivity index (χ4v) is 4.94. The number of aliphatic imine (C=N–C) groups is 1. The van der Waals surface area contributed by atoms with Crippen molar-refractivity contribution in [1.29, 1.82) is 0 Å². The molecule has 2 aromatic carbocycles. The summed E-state index contributed by atoms with van der Waals surface area (Å²) < 4.78 is 15.9. The molecule has 1 atom stereocenters. The zero-order valence-electron chi connectivity index (χ0n) is 19.3. The van der Waals surface area contributed by atoms with E-state index in [4.69, 9.17) is 14.2 Å². The maximum absolute atomic E-state index is 12.9. The lowest BCUT2D eigenvalue weighted by Gasteiger charge is -2.36. The Morgan fingerprint density at radius 3 is 2.47 bits per heavy atom. The number of hydrogen-bond acceptors (Lipinski definition) is 8. The predicted molar refractivity (Wildman–Crippen MR) is 132 cm³/mol. The number of fused-ring (bicyclic) bond motifs is 1. The minimum absolute atomic E-state index is 0.0944. The molecule has 0 aliphatic carbocycles. The number of allylic oxidation sites excluding steroid dienone is 1. The van der Waals surface area contributed by atoms with E-state index in [0.29, 0.717) is 33.6 Å². The van der Waals surface area contributed by atoms with E-state index in [1.165, 1.54) is 18.9 Å². The Hall–Kier alpha value is -3.72. The van der Waals surface area contributed by atoms with E-state index >= 15 is 0 Å². The van der Waals surface area contributed by atoms with Crippen molar-refractivity contribution in [3.63, 3.8) is 0 Å². The van der Waals surface area contributed by atoms with Crippen molar-refractivity contribution in [3.8, 4) is 11.5 Å². The normalized spacial score (nSPS) is 16.9. The number of amides is 1. The molecule has 2 aromatic rings. The van der Waals surface area contributed by atoms with Crippen LogP contribution in [0.25, 0.3) is 0 Å². The molecule has 1 N–H and O–H groups in total. The van der Waals surface area contributed by atoms with Gasteiger partial charge in [0, 0.05) is 16.9 Å². The first-order valence-electron chi connectivity index (χ1n) is 10.6. The number of thioether (sulfide) groups is 1. The Labute approximate surface area is 202 Å². The summed E-state index contributed by atoms with van der Waals surface area (Å²) in [5.41, 5.74) is 3.14. The van der Waals surface area contributed by atoms with E-state index in [9.17, 15) is 9.59 Å². The standard InChI is InChI=1S/C25H25N3O5S/c1-15-22(24(30)33-4)23(19-7-5-6-8-20(19)32-3)28-17(14-34-25(28)26-15)13-21(29)27-16-9-11-18(31-2)12-10-16/h5-12,14,23H,13H2,1-4H3,(H,27,29). The molecule has 0 fully saturated rings. The van der Waals surface area contributed by atoms with Gasteiger partial charge in [0.15, 0.2) is 5.17 Å². The highest BCUT2D eigenvalue weighted by Crippen LogP contribution is 2.46. The average Bonchev–Trinajstić information content (AvgIpc) is 3.24. The van der Waals surface area contributed by atoms with Crippen LogP contribution in [0.4, 0.5) is 5.69 Å². The van der Waals surface area contributed by atoms with Gasteiger partial charge in [0.05, 0.1) is 45.1 Å². The minimum Gasteiger partial charge on any atom is -0.497 e. The molecule has 34 heavy (non-hydrogen) atoms. The van der Waals surface area contributed by atoms with Gasteiger partial charge in [-0.3, -0.25) is 4.79 Å². The lowest BCUT2D eigenvalue weighted by Crippen LogP contribution is -2.37. The minimum atomic E-state index is -0.550. The van der Waals surface area contributed by atoms with E-state index in [-0.39, 0.29) is 12.3 Å². The molecular formula is C25H25N3O5S. The summed E-state index contributed by atoms with van der Waals surface area (Å²) in [6, 6.07) is 14.1. The monoisotopic (exact) mass is 479 g/mol. The van der Waals surface area contributed by atoms with Crippen molar-refractivity contribution in [2.75, 3.05) is 26.6 Å². The highest BCUT2D eigenvalue weighted by Gasteiger charge is 2.42. The predicted octanol–water partition coefficient (Wildman–Crippen LogP) is 4.48. The van der Waals surface area contributed by atoms with E-state index in [0.717, 1.165) is 11.3 Å². The lowest BCUT2D eigenvalue weighted by molar-refractivity contribution is -0.136. The van der Waals surface area contributed by atoms with Crippen molar-refractivity contribution in [3.05, 3.63) is 76.5 Å².